The third-order valence-corrected chi connectivity index (χ3v) is 2.84. The van der Waals surface area contributed by atoms with Crippen LogP contribution < -0.4 is 10.6 Å². The maximum atomic E-state index is 12.0. The summed E-state index contributed by atoms with van der Waals surface area (Å²) >= 11 is 0. The van der Waals surface area contributed by atoms with Gasteiger partial charge >= 0.3 is 0 Å². The predicted molar refractivity (Wildman–Crippen MR) is 76.8 cm³/mol. The van der Waals surface area contributed by atoms with Crippen molar-refractivity contribution in [2.45, 2.75) is 20.3 Å². The maximum absolute atomic E-state index is 12.0. The number of benzene rings is 1. The molecule has 2 aromatic rings. The summed E-state index contributed by atoms with van der Waals surface area (Å²) in [6, 6.07) is 7.04. The van der Waals surface area contributed by atoms with Gasteiger partial charge in [0.15, 0.2) is 0 Å². The molecule has 0 atom stereocenters. The summed E-state index contributed by atoms with van der Waals surface area (Å²) in [7, 11) is 0. The van der Waals surface area contributed by atoms with Gasteiger partial charge in [-0.25, -0.2) is 0 Å². The largest absolute Gasteiger partial charge is 0.472 e. The van der Waals surface area contributed by atoms with E-state index in [0.717, 1.165) is 12.0 Å². The molecule has 2 N–H and O–H groups in total. The molecule has 0 fully saturated rings. The highest BCUT2D eigenvalue weighted by Gasteiger charge is 2.10. The minimum absolute atomic E-state index is 0.152. The first-order chi connectivity index (χ1) is 9.60. The van der Waals surface area contributed by atoms with Crippen LogP contribution in [0.1, 0.15) is 29.8 Å². The Kier molecular flexibility index (Phi) is 4.20. The molecule has 20 heavy (non-hydrogen) atoms. The Bertz CT molecular complexity index is 618. The summed E-state index contributed by atoms with van der Waals surface area (Å²) in [6.07, 6.45) is 3.61. The van der Waals surface area contributed by atoms with Gasteiger partial charge in [-0.2, -0.15) is 0 Å². The van der Waals surface area contributed by atoms with Crippen molar-refractivity contribution in [1.82, 2.24) is 0 Å². The fourth-order valence-electron chi connectivity index (χ4n) is 1.87. The van der Waals surface area contributed by atoms with Crippen molar-refractivity contribution < 1.29 is 14.0 Å². The second kappa shape index (κ2) is 6.06. The second-order valence-corrected chi connectivity index (χ2v) is 4.37. The van der Waals surface area contributed by atoms with Gasteiger partial charge in [-0.15, -0.1) is 0 Å². The molecule has 2 rings (SSSR count). The minimum atomic E-state index is -0.242. The molecule has 1 aromatic heterocycles. The van der Waals surface area contributed by atoms with Crippen LogP contribution in [-0.4, -0.2) is 11.8 Å². The van der Waals surface area contributed by atoms with Crippen molar-refractivity contribution in [1.29, 1.82) is 0 Å². The fraction of sp³-hybridized carbons (Fsp3) is 0.200. The van der Waals surface area contributed by atoms with E-state index in [1.54, 1.807) is 12.1 Å². The van der Waals surface area contributed by atoms with E-state index in [0.29, 0.717) is 16.9 Å². The number of hydrogen-bond acceptors (Lipinski definition) is 3. The number of furan rings is 1. The molecule has 2 amide bonds. The first kappa shape index (κ1) is 13.9. The Labute approximate surface area is 117 Å². The molecule has 0 aliphatic heterocycles. The van der Waals surface area contributed by atoms with Crippen LogP contribution in [-0.2, 0) is 11.2 Å². The number of amides is 2. The molecule has 0 saturated heterocycles. The van der Waals surface area contributed by atoms with Crippen molar-refractivity contribution in [2.75, 3.05) is 10.6 Å². The monoisotopic (exact) mass is 272 g/mol. The smallest absolute Gasteiger partial charge is 0.258 e. The summed E-state index contributed by atoms with van der Waals surface area (Å²) in [6.45, 7) is 3.44. The quantitative estimate of drug-likeness (QED) is 0.898. The zero-order valence-electron chi connectivity index (χ0n) is 11.4. The van der Waals surface area contributed by atoms with Crippen LogP contribution in [0.25, 0.3) is 0 Å². The van der Waals surface area contributed by atoms with Crippen LogP contribution in [0.3, 0.4) is 0 Å². The minimum Gasteiger partial charge on any atom is -0.472 e. The van der Waals surface area contributed by atoms with Crippen molar-refractivity contribution in [3.05, 3.63) is 47.9 Å². The average Bonchev–Trinajstić information content (AvgIpc) is 2.92. The van der Waals surface area contributed by atoms with Crippen LogP contribution in [0, 0.1) is 0 Å². The van der Waals surface area contributed by atoms with Crippen LogP contribution >= 0.6 is 0 Å². The van der Waals surface area contributed by atoms with Crippen LogP contribution in [0.5, 0.6) is 0 Å². The van der Waals surface area contributed by atoms with Crippen LogP contribution in [0.4, 0.5) is 11.4 Å². The SMILES string of the molecule is CCc1ccc(NC(C)=O)cc1NC(=O)c1ccoc1. The van der Waals surface area contributed by atoms with Gasteiger partial charge in [0.25, 0.3) is 5.91 Å². The molecule has 0 radical (unpaired) electrons. The lowest BCUT2D eigenvalue weighted by atomic mass is 10.1. The highest BCUT2D eigenvalue weighted by molar-refractivity contribution is 6.04. The molecule has 1 aromatic carbocycles. The van der Waals surface area contributed by atoms with Crippen LogP contribution in [0.2, 0.25) is 0 Å². The lowest BCUT2D eigenvalue weighted by Crippen LogP contribution is -2.13. The van der Waals surface area contributed by atoms with Gasteiger partial charge < -0.3 is 15.1 Å². The Hall–Kier alpha value is -2.56. The normalized spacial score (nSPS) is 10.1. The Balaban J connectivity index is 2.24. The van der Waals surface area contributed by atoms with Crippen LogP contribution in [0.15, 0.2) is 41.2 Å². The average molecular weight is 272 g/mol. The van der Waals surface area contributed by atoms with Gasteiger partial charge in [-0.3, -0.25) is 9.59 Å². The highest BCUT2D eigenvalue weighted by atomic mass is 16.3. The predicted octanol–water partition coefficient (Wildman–Crippen LogP) is 3.05. The molecule has 1 heterocycles. The molecular formula is C15H16N2O3. The van der Waals surface area contributed by atoms with E-state index < -0.39 is 0 Å². The Morgan fingerprint density at radius 3 is 2.60 bits per heavy atom. The summed E-state index contributed by atoms with van der Waals surface area (Å²) in [5.74, 6) is -0.394. The molecule has 5 heteroatoms. The molecule has 0 spiro atoms. The van der Waals surface area contributed by atoms with Crippen molar-refractivity contribution in [3.63, 3.8) is 0 Å². The van der Waals surface area contributed by atoms with E-state index in [-0.39, 0.29) is 11.8 Å². The van der Waals surface area contributed by atoms with E-state index in [1.165, 1.54) is 19.5 Å². The maximum Gasteiger partial charge on any atom is 0.258 e. The van der Waals surface area contributed by atoms with Crippen molar-refractivity contribution >= 4 is 23.2 Å². The molecule has 0 bridgehead atoms. The number of carbonyl (C=O) groups is 2. The topological polar surface area (TPSA) is 71.3 Å². The van der Waals surface area contributed by atoms with Gasteiger partial charge in [-0.05, 0) is 30.2 Å². The van der Waals surface area contributed by atoms with Gasteiger partial charge in [0, 0.05) is 18.3 Å². The summed E-state index contributed by atoms with van der Waals surface area (Å²) in [5, 5.41) is 5.52. The number of carbonyl (C=O) groups excluding carboxylic acids is 2. The number of nitrogens with one attached hydrogen (secondary N) is 2. The lowest BCUT2D eigenvalue weighted by molar-refractivity contribution is -0.114. The van der Waals surface area contributed by atoms with Crippen molar-refractivity contribution in [2.24, 2.45) is 0 Å². The van der Waals surface area contributed by atoms with E-state index in [4.69, 9.17) is 4.42 Å². The lowest BCUT2D eigenvalue weighted by Gasteiger charge is -2.11. The Morgan fingerprint density at radius 1 is 1.20 bits per heavy atom. The highest BCUT2D eigenvalue weighted by Crippen LogP contribution is 2.22. The molecule has 0 unspecified atom stereocenters. The number of rotatable bonds is 4. The summed E-state index contributed by atoms with van der Waals surface area (Å²) in [5.41, 5.74) is 2.79. The zero-order valence-corrected chi connectivity index (χ0v) is 11.4. The molecule has 0 aliphatic carbocycles. The molecule has 0 aliphatic rings. The van der Waals surface area contributed by atoms with Gasteiger partial charge in [-0.1, -0.05) is 13.0 Å². The van der Waals surface area contributed by atoms with Gasteiger partial charge in [0.05, 0.1) is 11.8 Å². The molecule has 0 saturated carbocycles. The standard InChI is InChI=1S/C15H16N2O3/c1-3-11-4-5-13(16-10(2)18)8-14(11)17-15(19)12-6-7-20-9-12/h4-9H,3H2,1-2H3,(H,16,18)(H,17,19). The summed E-state index contributed by atoms with van der Waals surface area (Å²) in [4.78, 5) is 23.1. The first-order valence-corrected chi connectivity index (χ1v) is 6.34. The first-order valence-electron chi connectivity index (χ1n) is 6.34. The fourth-order valence-corrected chi connectivity index (χ4v) is 1.87. The zero-order chi connectivity index (χ0) is 14.5. The van der Waals surface area contributed by atoms with E-state index in [9.17, 15) is 9.59 Å². The van der Waals surface area contributed by atoms with E-state index >= 15 is 0 Å². The molecule has 5 nitrogen and oxygen atoms in total. The molecule has 104 valence electrons. The Morgan fingerprint density at radius 2 is 2.00 bits per heavy atom. The van der Waals surface area contributed by atoms with Crippen molar-refractivity contribution in [3.8, 4) is 0 Å². The van der Waals surface area contributed by atoms with E-state index in [1.807, 2.05) is 19.1 Å². The third-order valence-electron chi connectivity index (χ3n) is 2.84. The second-order valence-electron chi connectivity index (χ2n) is 4.37. The van der Waals surface area contributed by atoms with E-state index in [2.05, 4.69) is 10.6 Å². The number of hydrogen-bond donors (Lipinski definition) is 2. The van der Waals surface area contributed by atoms with Gasteiger partial charge in [0.2, 0.25) is 5.91 Å². The molecular weight excluding hydrogens is 256 g/mol. The summed E-state index contributed by atoms with van der Waals surface area (Å²) < 4.78 is 4.89. The number of aryl methyl sites for hydroxylation is 1. The van der Waals surface area contributed by atoms with Gasteiger partial charge in [0.1, 0.15) is 6.26 Å². The third kappa shape index (κ3) is 3.26. The number of anilines is 2.